The number of aliphatic hydroxyl groups is 2. The Labute approximate surface area is 132 Å². The number of hydrogen-bond acceptors (Lipinski definition) is 7. The second-order valence-electron chi connectivity index (χ2n) is 4.95. The van der Waals surface area contributed by atoms with E-state index in [0.717, 1.165) is 12.3 Å². The Balaban J connectivity index is 2.33. The van der Waals surface area contributed by atoms with Gasteiger partial charge in [0.1, 0.15) is 24.1 Å². The van der Waals surface area contributed by atoms with Crippen molar-refractivity contribution in [3.8, 4) is 0 Å². The summed E-state index contributed by atoms with van der Waals surface area (Å²) in [5.74, 6) is -0.597. The lowest BCUT2D eigenvalue weighted by molar-refractivity contribution is -0.356. The van der Waals surface area contributed by atoms with Crippen LogP contribution in [0.4, 0.5) is 19.0 Å². The maximum Gasteiger partial charge on any atom is 0.523 e. The Morgan fingerprint density at radius 1 is 1.54 bits per heavy atom. The van der Waals surface area contributed by atoms with E-state index in [2.05, 4.69) is 15.0 Å². The van der Waals surface area contributed by atoms with E-state index in [-0.39, 0.29) is 5.82 Å². The van der Waals surface area contributed by atoms with Crippen molar-refractivity contribution in [2.75, 3.05) is 11.9 Å². The van der Waals surface area contributed by atoms with Gasteiger partial charge >= 0.3 is 12.1 Å². The van der Waals surface area contributed by atoms with Crippen molar-refractivity contribution < 1.29 is 37.7 Å². The lowest BCUT2D eigenvalue weighted by Gasteiger charge is -2.23. The Kier molecular flexibility index (Phi) is 5.22. The average Bonchev–Trinajstić information content (AvgIpc) is 2.74. The van der Waals surface area contributed by atoms with Crippen LogP contribution < -0.4 is 11.0 Å². The molecule has 0 saturated carbocycles. The van der Waals surface area contributed by atoms with Crippen LogP contribution in [0, 0.1) is 0 Å². The minimum absolute atomic E-state index is 0.103. The minimum atomic E-state index is -5.09. The minimum Gasteiger partial charge on any atom is -0.394 e. The molecule has 0 radical (unpaired) electrons. The fourth-order valence-corrected chi connectivity index (χ4v) is 2.23. The molecule has 1 aromatic heterocycles. The van der Waals surface area contributed by atoms with Crippen LogP contribution in [0.1, 0.15) is 13.2 Å². The van der Waals surface area contributed by atoms with Crippen LogP contribution in [0.3, 0.4) is 0 Å². The second-order valence-corrected chi connectivity index (χ2v) is 4.95. The SMILES string of the molecule is CC(=O)Nc1ccn([C@@H]2O[C@H](CO)[C@@H](O)[C@H]2OC(F)(F)F)c(=O)n1. The molecule has 3 N–H and O–H groups in total. The quantitative estimate of drug-likeness (QED) is 0.658. The molecule has 1 fully saturated rings. The summed E-state index contributed by atoms with van der Waals surface area (Å²) in [7, 11) is 0. The van der Waals surface area contributed by atoms with Crippen LogP contribution in [0.15, 0.2) is 17.1 Å². The highest BCUT2D eigenvalue weighted by Gasteiger charge is 2.50. The predicted octanol–water partition coefficient (Wildman–Crippen LogP) is -0.643. The molecule has 4 atom stereocenters. The topological polar surface area (TPSA) is 123 Å². The molecule has 0 unspecified atom stereocenters. The smallest absolute Gasteiger partial charge is 0.394 e. The lowest BCUT2D eigenvalue weighted by Crippen LogP contribution is -2.41. The Morgan fingerprint density at radius 2 is 2.21 bits per heavy atom. The molecule has 12 heteroatoms. The standard InChI is InChI=1S/C12H14F3N3O6/c1-5(20)16-7-2-3-18(11(22)17-7)10-9(24-12(13,14)15)8(21)6(4-19)23-10/h2-3,6,8-10,19,21H,4H2,1H3,(H,16,17,20,22)/t6-,8-,9-,10-/m1/s1. The predicted molar refractivity (Wildman–Crippen MR) is 70.7 cm³/mol. The Bertz CT molecular complexity index is 664. The molecule has 2 rings (SSSR count). The molecule has 1 saturated heterocycles. The molecule has 0 bridgehead atoms. The van der Waals surface area contributed by atoms with E-state index >= 15 is 0 Å². The summed E-state index contributed by atoms with van der Waals surface area (Å²) in [4.78, 5) is 26.3. The number of aliphatic hydroxyl groups excluding tert-OH is 2. The third-order valence-corrected chi connectivity index (χ3v) is 3.17. The van der Waals surface area contributed by atoms with Crippen LogP contribution >= 0.6 is 0 Å². The molecule has 9 nitrogen and oxygen atoms in total. The maximum atomic E-state index is 12.5. The summed E-state index contributed by atoms with van der Waals surface area (Å²) < 4.78 is 47.1. The van der Waals surface area contributed by atoms with Gasteiger partial charge in [-0.2, -0.15) is 4.98 Å². The van der Waals surface area contributed by atoms with Crippen LogP contribution in [0.25, 0.3) is 0 Å². The number of hydrogen-bond donors (Lipinski definition) is 3. The zero-order chi connectivity index (χ0) is 18.1. The number of alkyl halides is 3. The zero-order valence-electron chi connectivity index (χ0n) is 12.2. The van der Waals surface area contributed by atoms with Crippen LogP contribution in [-0.4, -0.2) is 57.0 Å². The maximum absolute atomic E-state index is 12.5. The average molecular weight is 353 g/mol. The van der Waals surface area contributed by atoms with Gasteiger partial charge in [-0.15, -0.1) is 13.2 Å². The first-order valence-corrected chi connectivity index (χ1v) is 6.68. The highest BCUT2D eigenvalue weighted by Crippen LogP contribution is 2.35. The van der Waals surface area contributed by atoms with Crippen molar-refractivity contribution in [3.63, 3.8) is 0 Å². The van der Waals surface area contributed by atoms with E-state index in [9.17, 15) is 27.9 Å². The lowest BCUT2D eigenvalue weighted by atomic mass is 10.1. The van der Waals surface area contributed by atoms with Gasteiger partial charge in [0.05, 0.1) is 6.61 Å². The number of halogens is 3. The molecular weight excluding hydrogens is 339 g/mol. The number of nitrogens with zero attached hydrogens (tertiary/aromatic N) is 2. The molecule has 0 aromatic carbocycles. The summed E-state index contributed by atoms with van der Waals surface area (Å²) in [5, 5.41) is 21.1. The monoisotopic (exact) mass is 353 g/mol. The van der Waals surface area contributed by atoms with Gasteiger partial charge in [-0.05, 0) is 6.07 Å². The molecule has 2 heterocycles. The first kappa shape index (κ1) is 18.3. The van der Waals surface area contributed by atoms with Gasteiger partial charge < -0.3 is 20.3 Å². The first-order chi connectivity index (χ1) is 11.1. The van der Waals surface area contributed by atoms with Crippen molar-refractivity contribution in [1.82, 2.24) is 9.55 Å². The van der Waals surface area contributed by atoms with Crippen LogP contribution in [0.2, 0.25) is 0 Å². The molecular formula is C12H14F3N3O6. The van der Waals surface area contributed by atoms with Crippen molar-refractivity contribution in [1.29, 1.82) is 0 Å². The van der Waals surface area contributed by atoms with Gasteiger partial charge in [0, 0.05) is 13.1 Å². The molecule has 1 aromatic rings. The molecule has 24 heavy (non-hydrogen) atoms. The van der Waals surface area contributed by atoms with E-state index in [1.54, 1.807) is 0 Å². The number of nitrogens with one attached hydrogen (secondary N) is 1. The Hall–Kier alpha value is -2.02. The Morgan fingerprint density at radius 3 is 2.71 bits per heavy atom. The summed E-state index contributed by atoms with van der Waals surface area (Å²) in [6.07, 6.45) is -10.9. The summed E-state index contributed by atoms with van der Waals surface area (Å²) in [6, 6.07) is 1.16. The van der Waals surface area contributed by atoms with Gasteiger partial charge in [0.2, 0.25) is 5.91 Å². The van der Waals surface area contributed by atoms with E-state index in [1.807, 2.05) is 0 Å². The van der Waals surface area contributed by atoms with Crippen molar-refractivity contribution in [3.05, 3.63) is 22.7 Å². The molecule has 1 aliphatic rings. The van der Waals surface area contributed by atoms with Crippen LogP contribution in [-0.2, 0) is 14.3 Å². The summed E-state index contributed by atoms with van der Waals surface area (Å²) in [6.45, 7) is 0.407. The number of aromatic nitrogens is 2. The normalized spacial score (nSPS) is 27.2. The van der Waals surface area contributed by atoms with E-state index in [0.29, 0.717) is 4.57 Å². The second kappa shape index (κ2) is 6.84. The molecule has 134 valence electrons. The molecule has 1 amide bonds. The molecule has 1 aliphatic heterocycles. The summed E-state index contributed by atoms with van der Waals surface area (Å²) in [5.41, 5.74) is -1.03. The van der Waals surface area contributed by atoms with Crippen molar-refractivity contribution in [2.24, 2.45) is 0 Å². The highest BCUT2D eigenvalue weighted by atomic mass is 19.4. The van der Waals surface area contributed by atoms with Gasteiger partial charge in [-0.1, -0.05) is 0 Å². The number of ether oxygens (including phenoxy) is 2. The van der Waals surface area contributed by atoms with Crippen molar-refractivity contribution in [2.45, 2.75) is 37.8 Å². The number of carbonyl (C=O) groups is 1. The van der Waals surface area contributed by atoms with Gasteiger partial charge in [0.15, 0.2) is 6.23 Å². The number of anilines is 1. The summed E-state index contributed by atoms with van der Waals surface area (Å²) >= 11 is 0. The van der Waals surface area contributed by atoms with Crippen molar-refractivity contribution >= 4 is 11.7 Å². The van der Waals surface area contributed by atoms with Crippen LogP contribution in [0.5, 0.6) is 0 Å². The largest absolute Gasteiger partial charge is 0.523 e. The number of rotatable bonds is 4. The van der Waals surface area contributed by atoms with Gasteiger partial charge in [-0.3, -0.25) is 14.1 Å². The first-order valence-electron chi connectivity index (χ1n) is 6.68. The fraction of sp³-hybridized carbons (Fsp3) is 0.583. The number of amides is 1. The molecule has 0 aliphatic carbocycles. The third kappa shape index (κ3) is 4.08. The zero-order valence-corrected chi connectivity index (χ0v) is 12.2. The number of carbonyl (C=O) groups excluding carboxylic acids is 1. The van der Waals surface area contributed by atoms with E-state index in [1.165, 1.54) is 6.92 Å². The van der Waals surface area contributed by atoms with Gasteiger partial charge in [0.25, 0.3) is 0 Å². The highest BCUT2D eigenvalue weighted by molar-refractivity contribution is 5.87. The van der Waals surface area contributed by atoms with E-state index in [4.69, 9.17) is 9.84 Å². The molecule has 0 spiro atoms. The third-order valence-electron chi connectivity index (χ3n) is 3.17. The van der Waals surface area contributed by atoms with Gasteiger partial charge in [-0.25, -0.2) is 4.79 Å². The van der Waals surface area contributed by atoms with E-state index < -0.39 is 49.1 Å². The fourth-order valence-electron chi connectivity index (χ4n) is 2.23.